The first-order valence-corrected chi connectivity index (χ1v) is 16.0. The number of ether oxygens (including phenoxy) is 6. The van der Waals surface area contributed by atoms with Gasteiger partial charge in [0.2, 0.25) is 23.9 Å². The zero-order valence-electron chi connectivity index (χ0n) is 26.3. The summed E-state index contributed by atoms with van der Waals surface area (Å²) in [5, 5.41) is 0. The number of carbonyl (C=O) groups is 1. The summed E-state index contributed by atoms with van der Waals surface area (Å²) >= 11 is 0. The number of likely N-dealkylation sites (N-methyl/N-ethyl adjacent to an activating group) is 2. The highest BCUT2D eigenvalue weighted by Gasteiger charge is 2.56. The van der Waals surface area contributed by atoms with Gasteiger partial charge in [0, 0.05) is 30.7 Å². The lowest BCUT2D eigenvalue weighted by Gasteiger charge is -2.48. The smallest absolute Gasteiger partial charge is 0.248 e. The van der Waals surface area contributed by atoms with E-state index in [-0.39, 0.29) is 25.2 Å². The highest BCUT2D eigenvalue weighted by atomic mass is 16.7. The van der Waals surface area contributed by atoms with Crippen molar-refractivity contribution in [2.45, 2.75) is 49.9 Å². The Labute approximate surface area is 267 Å². The molecule has 9 nitrogen and oxygen atoms in total. The lowest BCUT2D eigenvalue weighted by atomic mass is 9.72. The van der Waals surface area contributed by atoms with Gasteiger partial charge in [0.1, 0.15) is 12.4 Å². The molecule has 0 amide bonds. The Bertz CT molecular complexity index is 1850. The second-order valence-corrected chi connectivity index (χ2v) is 13.3. The fraction of sp³-hybridized carbons (Fsp3) is 0.378. The third kappa shape index (κ3) is 4.25. The molecule has 236 valence electrons. The number of nitrogens with zero attached hydrogens (tertiary/aromatic N) is 2. The van der Waals surface area contributed by atoms with Crippen LogP contribution in [0.15, 0.2) is 71.5 Å². The Hall–Kier alpha value is -4.47. The number of ketones is 1. The van der Waals surface area contributed by atoms with Crippen molar-refractivity contribution in [3.63, 3.8) is 0 Å². The third-order valence-electron chi connectivity index (χ3n) is 10.5. The highest BCUT2D eigenvalue weighted by molar-refractivity contribution is 6.05. The molecular formula is C37H36N2O7. The molecule has 6 heterocycles. The van der Waals surface area contributed by atoms with E-state index in [1.54, 1.807) is 7.11 Å². The first kappa shape index (κ1) is 27.8. The summed E-state index contributed by atoms with van der Waals surface area (Å²) in [5.41, 5.74) is 5.34. The second kappa shape index (κ2) is 10.3. The van der Waals surface area contributed by atoms with Crippen LogP contribution >= 0.6 is 0 Å². The van der Waals surface area contributed by atoms with E-state index in [0.29, 0.717) is 47.0 Å². The van der Waals surface area contributed by atoms with E-state index >= 15 is 0 Å². The van der Waals surface area contributed by atoms with Crippen LogP contribution in [-0.2, 0) is 35.3 Å². The van der Waals surface area contributed by atoms with Crippen LogP contribution in [0.3, 0.4) is 0 Å². The van der Waals surface area contributed by atoms with Crippen molar-refractivity contribution in [3.8, 4) is 34.5 Å². The van der Waals surface area contributed by atoms with Crippen LogP contribution in [0.1, 0.15) is 28.7 Å². The molecule has 7 aliphatic rings. The first-order chi connectivity index (χ1) is 22.4. The maximum Gasteiger partial charge on any atom is 0.248 e. The van der Waals surface area contributed by atoms with Crippen LogP contribution in [0.2, 0.25) is 0 Å². The standard InChI is InChI=1S/C37H36N2O7/c1-38-9-8-23-15-33(41-3)36(40)37-19-42-29-17-25-18-39(2)26(14-24(25)16-30(29)46-37)10-21-4-6-27(7-5-21)45-32-13-22(11-28(38)34(23)37)12-31-35(32)44-20-43-31/h4-7,12-13,15-17,26,28H,8-11,14,18-20H2,1-3H3/t26-,28-,37-/m0/s1. The van der Waals surface area contributed by atoms with Crippen LogP contribution in [0.25, 0.3) is 0 Å². The maximum atomic E-state index is 14.4. The topological polar surface area (TPSA) is 78.9 Å². The van der Waals surface area contributed by atoms with E-state index in [9.17, 15) is 4.79 Å². The Balaban J connectivity index is 1.23. The second-order valence-electron chi connectivity index (χ2n) is 13.3. The number of carbonyl (C=O) groups excluding carboxylic acids is 1. The average Bonchev–Trinajstić information content (AvgIpc) is 3.53. The zero-order chi connectivity index (χ0) is 31.2. The summed E-state index contributed by atoms with van der Waals surface area (Å²) in [6, 6.07) is 16.7. The van der Waals surface area contributed by atoms with E-state index < -0.39 is 5.60 Å². The molecule has 9 heteroatoms. The van der Waals surface area contributed by atoms with Crippen molar-refractivity contribution >= 4 is 5.78 Å². The molecule has 10 rings (SSSR count). The minimum Gasteiger partial charge on any atom is -0.493 e. The quantitative estimate of drug-likeness (QED) is 0.374. The normalized spacial score (nSPS) is 26.3. The van der Waals surface area contributed by atoms with E-state index in [1.165, 1.54) is 16.7 Å². The van der Waals surface area contributed by atoms with Gasteiger partial charge in [-0.3, -0.25) is 14.6 Å². The molecule has 3 aromatic rings. The van der Waals surface area contributed by atoms with Gasteiger partial charge < -0.3 is 28.4 Å². The van der Waals surface area contributed by atoms with Crippen molar-refractivity contribution < 1.29 is 33.2 Å². The lowest BCUT2D eigenvalue weighted by Crippen LogP contribution is -2.61. The number of methoxy groups -OCH3 is 1. The zero-order valence-corrected chi connectivity index (χ0v) is 26.3. The maximum absolute atomic E-state index is 14.4. The monoisotopic (exact) mass is 620 g/mol. The Morgan fingerprint density at radius 2 is 1.67 bits per heavy atom. The van der Waals surface area contributed by atoms with Crippen LogP contribution in [0.4, 0.5) is 0 Å². The molecule has 0 radical (unpaired) electrons. The summed E-state index contributed by atoms with van der Waals surface area (Å²) in [4.78, 5) is 19.1. The first-order valence-electron chi connectivity index (χ1n) is 16.0. The number of benzene rings is 3. The highest BCUT2D eigenvalue weighted by Crippen LogP contribution is 2.49. The van der Waals surface area contributed by atoms with Crippen molar-refractivity contribution in [3.05, 3.63) is 93.8 Å². The molecule has 0 saturated heterocycles. The van der Waals surface area contributed by atoms with Gasteiger partial charge in [-0.1, -0.05) is 12.1 Å². The van der Waals surface area contributed by atoms with Crippen molar-refractivity contribution in [1.82, 2.24) is 9.80 Å². The average molecular weight is 621 g/mol. The molecular weight excluding hydrogens is 584 g/mol. The molecule has 0 N–H and O–H groups in total. The van der Waals surface area contributed by atoms with Crippen LogP contribution < -0.4 is 23.7 Å². The van der Waals surface area contributed by atoms with Gasteiger partial charge in [0.25, 0.3) is 0 Å². The summed E-state index contributed by atoms with van der Waals surface area (Å²) in [6.45, 7) is 1.84. The Morgan fingerprint density at radius 1 is 0.848 bits per heavy atom. The SMILES string of the molecule is COC1=CC2=C3[C@H](Cc4cc5c(c(c4)Oc4ccc(cc4)C[C@H]4Cc6cc7c(cc6CN4C)OC[C@@]3(O7)C1=O)OCO5)N(C)CC2. The van der Waals surface area contributed by atoms with E-state index in [1.807, 2.05) is 30.3 Å². The van der Waals surface area contributed by atoms with Gasteiger partial charge in [-0.05, 0) is 110 Å². The van der Waals surface area contributed by atoms with Gasteiger partial charge >= 0.3 is 0 Å². The third-order valence-corrected chi connectivity index (χ3v) is 10.5. The number of Topliss-reactive ketones (excluding diaryl/α,β-unsaturated/α-hetero) is 1. The minimum atomic E-state index is -1.35. The van der Waals surface area contributed by atoms with Gasteiger partial charge in [0.05, 0.1) is 7.11 Å². The van der Waals surface area contributed by atoms with Gasteiger partial charge in [-0.2, -0.15) is 0 Å². The molecule has 0 fully saturated rings. The summed E-state index contributed by atoms with van der Waals surface area (Å²) in [5.74, 6) is 3.98. The fourth-order valence-electron chi connectivity index (χ4n) is 8.05. The van der Waals surface area contributed by atoms with E-state index in [0.717, 1.165) is 54.8 Å². The molecule has 3 atom stereocenters. The summed E-state index contributed by atoms with van der Waals surface area (Å²) in [7, 11) is 5.83. The Kier molecular flexibility index (Phi) is 6.21. The largest absolute Gasteiger partial charge is 0.493 e. The van der Waals surface area contributed by atoms with Gasteiger partial charge in [-0.15, -0.1) is 0 Å². The molecule has 8 bridgehead atoms. The molecule has 3 aromatic carbocycles. The summed E-state index contributed by atoms with van der Waals surface area (Å²) < 4.78 is 37.4. The minimum absolute atomic E-state index is 0.0729. The Morgan fingerprint density at radius 3 is 2.52 bits per heavy atom. The van der Waals surface area contributed by atoms with Crippen LogP contribution in [0.5, 0.6) is 34.5 Å². The van der Waals surface area contributed by atoms with E-state index in [2.05, 4.69) is 48.2 Å². The van der Waals surface area contributed by atoms with Crippen molar-refractivity contribution in [1.29, 1.82) is 0 Å². The number of fused-ring (bicyclic) bond motifs is 3. The van der Waals surface area contributed by atoms with Crippen LogP contribution in [0, 0.1) is 0 Å². The number of hydrogen-bond donors (Lipinski definition) is 0. The molecule has 6 aliphatic heterocycles. The van der Waals surface area contributed by atoms with Crippen molar-refractivity contribution in [2.75, 3.05) is 41.1 Å². The number of allylic oxidation sites excluding steroid dienone is 1. The van der Waals surface area contributed by atoms with E-state index in [4.69, 9.17) is 28.4 Å². The molecule has 46 heavy (non-hydrogen) atoms. The number of hydrogen-bond acceptors (Lipinski definition) is 9. The van der Waals surface area contributed by atoms with Gasteiger partial charge in [0.15, 0.2) is 28.8 Å². The molecule has 1 spiro atoms. The molecule has 1 aliphatic carbocycles. The lowest BCUT2D eigenvalue weighted by molar-refractivity contribution is -0.136. The summed E-state index contributed by atoms with van der Waals surface area (Å²) in [6.07, 6.45) is 5.02. The predicted molar refractivity (Wildman–Crippen MR) is 169 cm³/mol. The van der Waals surface area contributed by atoms with Crippen molar-refractivity contribution in [2.24, 2.45) is 0 Å². The number of rotatable bonds is 1. The molecule has 0 aromatic heterocycles. The fourth-order valence-corrected chi connectivity index (χ4v) is 8.05. The predicted octanol–water partition coefficient (Wildman–Crippen LogP) is 4.99. The van der Waals surface area contributed by atoms with Crippen LogP contribution in [-0.4, -0.2) is 74.4 Å². The van der Waals surface area contributed by atoms with Gasteiger partial charge in [-0.25, -0.2) is 0 Å². The molecule has 0 saturated carbocycles. The molecule has 0 unspecified atom stereocenters.